The van der Waals surface area contributed by atoms with Gasteiger partial charge in [-0.15, -0.1) is 13.2 Å². The first kappa shape index (κ1) is 24.1. The van der Waals surface area contributed by atoms with E-state index in [2.05, 4.69) is 11.7 Å². The molecule has 1 aromatic carbocycles. The first-order chi connectivity index (χ1) is 13.3. The summed E-state index contributed by atoms with van der Waals surface area (Å²) in [5.41, 5.74) is -0.183. The minimum atomic E-state index is -4.84. The van der Waals surface area contributed by atoms with E-state index >= 15 is 0 Å². The Morgan fingerprint density at radius 3 is 1.96 bits per heavy atom. The molecule has 0 radical (unpaired) electrons. The van der Waals surface area contributed by atoms with Gasteiger partial charge in [-0.05, 0) is 18.6 Å². The molecule has 28 heavy (non-hydrogen) atoms. The number of ether oxygens (including phenoxy) is 2. The van der Waals surface area contributed by atoms with Gasteiger partial charge in [-0.3, -0.25) is 0 Å². The van der Waals surface area contributed by atoms with Crippen LogP contribution in [0.15, 0.2) is 18.2 Å². The molecule has 0 aliphatic carbocycles. The summed E-state index contributed by atoms with van der Waals surface area (Å²) in [6.45, 7) is 2.46. The van der Waals surface area contributed by atoms with Crippen molar-refractivity contribution < 1.29 is 32.5 Å². The van der Waals surface area contributed by atoms with Crippen LogP contribution in [0.5, 0.6) is 11.5 Å². The zero-order chi connectivity index (χ0) is 20.8. The van der Waals surface area contributed by atoms with Crippen LogP contribution in [0.2, 0.25) is 0 Å². The van der Waals surface area contributed by atoms with Gasteiger partial charge in [0.25, 0.3) is 0 Å². The minimum Gasteiger partial charge on any atom is -0.493 e. The van der Waals surface area contributed by atoms with Gasteiger partial charge >= 0.3 is 12.3 Å². The molecular weight excluding hydrogens is 373 g/mol. The number of carbonyl (C=O) groups is 1. The van der Waals surface area contributed by atoms with Crippen LogP contribution in [0.4, 0.5) is 13.2 Å². The first-order valence-electron chi connectivity index (χ1n) is 10.1. The number of unbranched alkanes of at least 4 members (excludes halogenated alkanes) is 10. The van der Waals surface area contributed by atoms with E-state index in [1.54, 1.807) is 0 Å². The molecule has 0 aromatic heterocycles. The van der Waals surface area contributed by atoms with Crippen LogP contribution in [0.1, 0.15) is 87.9 Å². The van der Waals surface area contributed by atoms with Crippen molar-refractivity contribution in [2.75, 3.05) is 6.61 Å². The van der Waals surface area contributed by atoms with Gasteiger partial charge in [-0.1, -0.05) is 71.1 Å². The Hall–Kier alpha value is -1.92. The second-order valence-electron chi connectivity index (χ2n) is 6.89. The zero-order valence-corrected chi connectivity index (χ0v) is 16.5. The smallest absolute Gasteiger partial charge is 0.493 e. The van der Waals surface area contributed by atoms with Crippen molar-refractivity contribution in [3.8, 4) is 11.5 Å². The standard InChI is InChI=1S/C21H31F3O4/c1-2-3-4-5-6-7-8-9-10-11-12-15-27-19-16-17(28-21(22,23)24)13-14-18(19)20(25)26/h13-14,16H,2-12,15H2,1H3,(H,25,26). The molecule has 0 spiro atoms. The quantitative estimate of drug-likeness (QED) is 0.321. The maximum atomic E-state index is 12.3. The molecule has 0 bridgehead atoms. The summed E-state index contributed by atoms with van der Waals surface area (Å²) in [7, 11) is 0. The SMILES string of the molecule is CCCCCCCCCCCCCOc1cc(OC(F)(F)F)ccc1C(=O)O. The van der Waals surface area contributed by atoms with Crippen LogP contribution in [0, 0.1) is 0 Å². The third kappa shape index (κ3) is 11.0. The van der Waals surface area contributed by atoms with Crippen LogP contribution in [0.3, 0.4) is 0 Å². The Labute approximate surface area is 165 Å². The number of carboxylic acids is 1. The number of carboxylic acid groups (broad SMARTS) is 1. The van der Waals surface area contributed by atoms with Crippen molar-refractivity contribution in [2.24, 2.45) is 0 Å². The molecule has 0 aliphatic rings. The number of aromatic carboxylic acids is 1. The molecule has 1 aromatic rings. The number of benzene rings is 1. The van der Waals surface area contributed by atoms with Gasteiger partial charge in [0.1, 0.15) is 17.1 Å². The van der Waals surface area contributed by atoms with Crippen LogP contribution in [-0.4, -0.2) is 24.0 Å². The van der Waals surface area contributed by atoms with E-state index in [1.807, 2.05) is 0 Å². The van der Waals surface area contributed by atoms with E-state index in [-0.39, 0.29) is 17.9 Å². The molecule has 7 heteroatoms. The summed E-state index contributed by atoms with van der Waals surface area (Å²) >= 11 is 0. The summed E-state index contributed by atoms with van der Waals surface area (Å²) in [6.07, 6.45) is 8.02. The minimum absolute atomic E-state index is 0.110. The molecule has 1 rings (SSSR count). The Bertz CT molecular complexity index is 573. The Morgan fingerprint density at radius 2 is 1.46 bits per heavy atom. The third-order valence-electron chi connectivity index (χ3n) is 4.42. The Kier molecular flexibility index (Phi) is 11.4. The third-order valence-corrected chi connectivity index (χ3v) is 4.42. The molecule has 0 aliphatic heterocycles. The van der Waals surface area contributed by atoms with Crippen molar-refractivity contribution in [3.05, 3.63) is 23.8 Å². The highest BCUT2D eigenvalue weighted by Gasteiger charge is 2.31. The van der Waals surface area contributed by atoms with Crippen LogP contribution in [0.25, 0.3) is 0 Å². The zero-order valence-electron chi connectivity index (χ0n) is 16.5. The van der Waals surface area contributed by atoms with Crippen molar-refractivity contribution in [3.63, 3.8) is 0 Å². The first-order valence-corrected chi connectivity index (χ1v) is 10.1. The molecule has 4 nitrogen and oxygen atoms in total. The Balaban J connectivity index is 2.26. The van der Waals surface area contributed by atoms with Gasteiger partial charge < -0.3 is 14.6 Å². The van der Waals surface area contributed by atoms with E-state index in [1.165, 1.54) is 44.9 Å². The second kappa shape index (κ2) is 13.3. The molecular formula is C21H31F3O4. The van der Waals surface area contributed by atoms with E-state index in [9.17, 15) is 18.0 Å². The largest absolute Gasteiger partial charge is 0.573 e. The van der Waals surface area contributed by atoms with Gasteiger partial charge in [0.2, 0.25) is 0 Å². The monoisotopic (exact) mass is 404 g/mol. The lowest BCUT2D eigenvalue weighted by molar-refractivity contribution is -0.274. The fourth-order valence-corrected chi connectivity index (χ4v) is 2.94. The number of halogens is 3. The van der Waals surface area contributed by atoms with E-state index in [0.717, 1.165) is 43.9 Å². The maximum absolute atomic E-state index is 12.3. The molecule has 0 amide bonds. The second-order valence-corrected chi connectivity index (χ2v) is 6.89. The normalized spacial score (nSPS) is 11.4. The molecule has 0 saturated heterocycles. The van der Waals surface area contributed by atoms with Crippen molar-refractivity contribution in [1.82, 2.24) is 0 Å². The summed E-state index contributed by atoms with van der Waals surface area (Å²) in [5.74, 6) is -1.86. The van der Waals surface area contributed by atoms with Crippen molar-refractivity contribution in [1.29, 1.82) is 0 Å². The molecule has 0 atom stereocenters. The predicted molar refractivity (Wildman–Crippen MR) is 102 cm³/mol. The summed E-state index contributed by atoms with van der Waals surface area (Å²) in [6, 6.07) is 2.99. The molecule has 0 saturated carbocycles. The predicted octanol–water partition coefficient (Wildman–Crippen LogP) is 6.97. The van der Waals surface area contributed by atoms with Crippen LogP contribution < -0.4 is 9.47 Å². The average molecular weight is 404 g/mol. The molecule has 0 fully saturated rings. The van der Waals surface area contributed by atoms with Crippen molar-refractivity contribution >= 4 is 5.97 Å². The van der Waals surface area contributed by atoms with Gasteiger partial charge in [0.05, 0.1) is 6.61 Å². The van der Waals surface area contributed by atoms with Gasteiger partial charge in [-0.2, -0.15) is 0 Å². The fraction of sp³-hybridized carbons (Fsp3) is 0.667. The van der Waals surface area contributed by atoms with Crippen LogP contribution >= 0.6 is 0 Å². The number of hydrogen-bond donors (Lipinski definition) is 1. The summed E-state index contributed by atoms with van der Waals surface area (Å²) < 4.78 is 46.2. The highest BCUT2D eigenvalue weighted by molar-refractivity contribution is 5.91. The summed E-state index contributed by atoms with van der Waals surface area (Å²) in [4.78, 5) is 11.2. The average Bonchev–Trinajstić information content (AvgIpc) is 2.61. The van der Waals surface area contributed by atoms with E-state index < -0.39 is 18.1 Å². The molecule has 1 N–H and O–H groups in total. The van der Waals surface area contributed by atoms with Crippen molar-refractivity contribution in [2.45, 2.75) is 83.9 Å². The lowest BCUT2D eigenvalue weighted by Gasteiger charge is -2.13. The maximum Gasteiger partial charge on any atom is 0.573 e. The van der Waals surface area contributed by atoms with Gasteiger partial charge in [0.15, 0.2) is 0 Å². The van der Waals surface area contributed by atoms with Gasteiger partial charge in [-0.25, -0.2) is 4.79 Å². The fourth-order valence-electron chi connectivity index (χ4n) is 2.94. The highest BCUT2D eigenvalue weighted by Crippen LogP contribution is 2.29. The lowest BCUT2D eigenvalue weighted by atomic mass is 10.1. The Morgan fingerprint density at radius 1 is 0.929 bits per heavy atom. The highest BCUT2D eigenvalue weighted by atomic mass is 19.4. The van der Waals surface area contributed by atoms with Gasteiger partial charge in [0, 0.05) is 6.07 Å². The molecule has 0 heterocycles. The van der Waals surface area contributed by atoms with Crippen LogP contribution in [-0.2, 0) is 0 Å². The number of hydrogen-bond acceptors (Lipinski definition) is 3. The number of alkyl halides is 3. The van der Waals surface area contributed by atoms with E-state index in [4.69, 9.17) is 9.84 Å². The molecule has 160 valence electrons. The summed E-state index contributed by atoms with van der Waals surface area (Å²) in [5, 5.41) is 9.14. The number of rotatable bonds is 15. The topological polar surface area (TPSA) is 55.8 Å². The lowest BCUT2D eigenvalue weighted by Crippen LogP contribution is -2.17. The molecule has 0 unspecified atom stereocenters. The van der Waals surface area contributed by atoms with E-state index in [0.29, 0.717) is 0 Å².